The van der Waals surface area contributed by atoms with Gasteiger partial charge in [0.25, 0.3) is 5.91 Å². The van der Waals surface area contributed by atoms with Crippen molar-refractivity contribution < 1.29 is 14.0 Å². The Labute approximate surface area is 145 Å². The van der Waals surface area contributed by atoms with Gasteiger partial charge >= 0.3 is 6.03 Å². The Bertz CT molecular complexity index is 821. The van der Waals surface area contributed by atoms with Crippen LogP contribution < -0.4 is 10.6 Å². The normalized spacial score (nSPS) is 9.56. The van der Waals surface area contributed by atoms with Crippen LogP contribution in [0.5, 0.6) is 0 Å². The van der Waals surface area contributed by atoms with Gasteiger partial charge < -0.3 is 15.5 Å². The molecule has 0 fully saturated rings. The van der Waals surface area contributed by atoms with Crippen LogP contribution in [0.15, 0.2) is 48.5 Å². The second kappa shape index (κ2) is 8.50. The van der Waals surface area contributed by atoms with E-state index in [1.807, 2.05) is 0 Å². The van der Waals surface area contributed by atoms with Crippen LogP contribution in [0.1, 0.15) is 15.9 Å². The molecule has 128 valence electrons. The smallest absolute Gasteiger partial charge is 0.320 e. The van der Waals surface area contributed by atoms with E-state index in [9.17, 15) is 14.0 Å². The highest BCUT2D eigenvalue weighted by Gasteiger charge is 2.06. The van der Waals surface area contributed by atoms with Gasteiger partial charge in [0.1, 0.15) is 5.82 Å². The van der Waals surface area contributed by atoms with Crippen molar-refractivity contribution in [1.82, 2.24) is 10.2 Å². The van der Waals surface area contributed by atoms with Gasteiger partial charge in [-0.05, 0) is 36.4 Å². The van der Waals surface area contributed by atoms with Crippen molar-refractivity contribution in [2.24, 2.45) is 0 Å². The van der Waals surface area contributed by atoms with Crippen molar-refractivity contribution in [2.45, 2.75) is 0 Å². The van der Waals surface area contributed by atoms with Crippen molar-refractivity contribution in [3.05, 3.63) is 65.5 Å². The molecule has 0 saturated heterocycles. The Morgan fingerprint density at radius 3 is 2.40 bits per heavy atom. The van der Waals surface area contributed by atoms with E-state index in [-0.39, 0.29) is 18.1 Å². The predicted molar refractivity (Wildman–Crippen MR) is 94.8 cm³/mol. The van der Waals surface area contributed by atoms with Gasteiger partial charge in [-0.3, -0.25) is 4.79 Å². The van der Waals surface area contributed by atoms with Crippen LogP contribution in [0.25, 0.3) is 0 Å². The molecule has 0 aliphatic heterocycles. The zero-order valence-corrected chi connectivity index (χ0v) is 14.0. The number of carbonyl (C=O) groups excluding carboxylic acids is 2. The third kappa shape index (κ3) is 5.36. The fourth-order valence-electron chi connectivity index (χ4n) is 1.95. The molecule has 0 radical (unpaired) electrons. The second-order valence-electron chi connectivity index (χ2n) is 5.37. The first-order chi connectivity index (χ1) is 12.0. The first-order valence-corrected chi connectivity index (χ1v) is 7.57. The second-order valence-corrected chi connectivity index (χ2v) is 5.37. The molecule has 3 amide bonds. The molecular formula is C19H18FN3O2. The van der Waals surface area contributed by atoms with Crippen molar-refractivity contribution in [2.75, 3.05) is 26.0 Å². The number of nitrogens with zero attached hydrogens (tertiary/aromatic N) is 1. The summed E-state index contributed by atoms with van der Waals surface area (Å²) in [4.78, 5) is 24.9. The van der Waals surface area contributed by atoms with Crippen LogP contribution in [0, 0.1) is 17.7 Å². The maximum Gasteiger partial charge on any atom is 0.320 e. The Balaban J connectivity index is 1.85. The fourth-order valence-corrected chi connectivity index (χ4v) is 1.95. The maximum atomic E-state index is 13.4. The summed E-state index contributed by atoms with van der Waals surface area (Å²) < 4.78 is 13.4. The van der Waals surface area contributed by atoms with Crippen LogP contribution in [0.2, 0.25) is 0 Å². The molecule has 5 nitrogen and oxygen atoms in total. The molecule has 0 aliphatic carbocycles. The molecule has 25 heavy (non-hydrogen) atoms. The number of halogens is 1. The minimum atomic E-state index is -0.536. The number of carbonyl (C=O) groups is 2. The molecule has 2 aromatic rings. The number of rotatable bonds is 3. The van der Waals surface area contributed by atoms with E-state index in [0.29, 0.717) is 5.56 Å². The number of anilines is 1. The van der Waals surface area contributed by atoms with Crippen LogP contribution >= 0.6 is 0 Å². The van der Waals surface area contributed by atoms with Gasteiger partial charge in [0.05, 0.1) is 12.2 Å². The lowest BCUT2D eigenvalue weighted by Crippen LogP contribution is -2.29. The highest BCUT2D eigenvalue weighted by Crippen LogP contribution is 2.11. The van der Waals surface area contributed by atoms with E-state index < -0.39 is 11.8 Å². The summed E-state index contributed by atoms with van der Waals surface area (Å²) in [5, 5.41) is 4.93. The molecule has 0 aliphatic rings. The minimum Gasteiger partial charge on any atom is -0.345 e. The van der Waals surface area contributed by atoms with Gasteiger partial charge in [0.2, 0.25) is 0 Å². The van der Waals surface area contributed by atoms with Crippen molar-refractivity contribution in [3.63, 3.8) is 0 Å². The van der Waals surface area contributed by atoms with Gasteiger partial charge in [-0.15, -0.1) is 0 Å². The average molecular weight is 339 g/mol. The molecule has 0 atom stereocenters. The topological polar surface area (TPSA) is 61.4 Å². The monoisotopic (exact) mass is 339 g/mol. The third-order valence-electron chi connectivity index (χ3n) is 3.23. The quantitative estimate of drug-likeness (QED) is 0.845. The van der Waals surface area contributed by atoms with Crippen LogP contribution in [-0.2, 0) is 0 Å². The lowest BCUT2D eigenvalue weighted by Gasteiger charge is -2.09. The van der Waals surface area contributed by atoms with E-state index in [0.717, 1.165) is 5.56 Å². The first kappa shape index (κ1) is 18.0. The third-order valence-corrected chi connectivity index (χ3v) is 3.23. The van der Waals surface area contributed by atoms with Gasteiger partial charge in [-0.25, -0.2) is 9.18 Å². The molecular weight excluding hydrogens is 321 g/mol. The van der Waals surface area contributed by atoms with Gasteiger partial charge in [0.15, 0.2) is 0 Å². The standard InChI is InChI=1S/C19H18FN3O2/c1-23(2)18(24)15-11-9-14(10-12-15)6-5-13-21-19(25)22-17-8-4-3-7-16(17)20/h3-4,7-12H,13H2,1-2H3,(H2,21,22,25). The Kier molecular flexibility index (Phi) is 6.13. The minimum absolute atomic E-state index is 0.0778. The molecule has 0 bridgehead atoms. The van der Waals surface area contributed by atoms with Crippen molar-refractivity contribution in [1.29, 1.82) is 0 Å². The highest BCUT2D eigenvalue weighted by atomic mass is 19.1. The average Bonchev–Trinajstić information content (AvgIpc) is 2.60. The highest BCUT2D eigenvalue weighted by molar-refractivity contribution is 5.94. The molecule has 0 heterocycles. The predicted octanol–water partition coefficient (Wildman–Crippen LogP) is 2.70. The summed E-state index contributed by atoms with van der Waals surface area (Å²) in [7, 11) is 3.38. The first-order valence-electron chi connectivity index (χ1n) is 7.57. The number of nitrogens with one attached hydrogen (secondary N) is 2. The summed E-state index contributed by atoms with van der Waals surface area (Å²) in [6.45, 7) is 0.110. The molecule has 2 N–H and O–H groups in total. The van der Waals surface area contributed by atoms with E-state index in [1.54, 1.807) is 50.5 Å². The molecule has 0 spiro atoms. The maximum absolute atomic E-state index is 13.4. The van der Waals surface area contributed by atoms with Gasteiger partial charge in [0, 0.05) is 25.2 Å². The van der Waals surface area contributed by atoms with Crippen molar-refractivity contribution >= 4 is 17.6 Å². The van der Waals surface area contributed by atoms with E-state index in [2.05, 4.69) is 22.5 Å². The number of para-hydroxylation sites is 1. The Hall–Kier alpha value is -3.33. The molecule has 6 heteroatoms. The van der Waals surface area contributed by atoms with E-state index in [1.165, 1.54) is 17.0 Å². The Morgan fingerprint density at radius 2 is 1.76 bits per heavy atom. The van der Waals surface area contributed by atoms with Gasteiger partial charge in [-0.2, -0.15) is 0 Å². The largest absolute Gasteiger partial charge is 0.345 e. The fraction of sp³-hybridized carbons (Fsp3) is 0.158. The lowest BCUT2D eigenvalue weighted by atomic mass is 10.1. The van der Waals surface area contributed by atoms with Crippen LogP contribution in [0.4, 0.5) is 14.9 Å². The lowest BCUT2D eigenvalue weighted by molar-refractivity contribution is 0.0827. The number of hydrogen-bond donors (Lipinski definition) is 2. The van der Waals surface area contributed by atoms with Crippen LogP contribution in [0.3, 0.4) is 0 Å². The summed E-state index contributed by atoms with van der Waals surface area (Å²) in [5.41, 5.74) is 1.42. The number of benzene rings is 2. The van der Waals surface area contributed by atoms with Crippen molar-refractivity contribution in [3.8, 4) is 11.8 Å². The molecule has 0 aromatic heterocycles. The molecule has 2 aromatic carbocycles. The van der Waals surface area contributed by atoms with Gasteiger partial charge in [-0.1, -0.05) is 24.0 Å². The summed E-state index contributed by atoms with van der Waals surface area (Å²) in [6.07, 6.45) is 0. The molecule has 0 unspecified atom stereocenters. The number of hydrogen-bond acceptors (Lipinski definition) is 2. The number of amides is 3. The van der Waals surface area contributed by atoms with E-state index in [4.69, 9.17) is 0 Å². The summed E-state index contributed by atoms with van der Waals surface area (Å²) in [6, 6.07) is 12.2. The summed E-state index contributed by atoms with van der Waals surface area (Å²) in [5.74, 6) is 5.09. The zero-order chi connectivity index (χ0) is 18.2. The number of urea groups is 1. The molecule has 2 rings (SSSR count). The van der Waals surface area contributed by atoms with Crippen LogP contribution in [-0.4, -0.2) is 37.5 Å². The SMILES string of the molecule is CN(C)C(=O)c1ccc(C#CCNC(=O)Nc2ccccc2F)cc1. The zero-order valence-electron chi connectivity index (χ0n) is 14.0. The van der Waals surface area contributed by atoms with E-state index >= 15 is 0 Å². The Morgan fingerprint density at radius 1 is 1.08 bits per heavy atom. The molecule has 0 saturated carbocycles. The summed E-state index contributed by atoms with van der Waals surface area (Å²) >= 11 is 0.